The highest BCUT2D eigenvalue weighted by atomic mass is 16.6. The van der Waals surface area contributed by atoms with Crippen LogP contribution in [0.3, 0.4) is 0 Å². The molecule has 0 radical (unpaired) electrons. The average molecular weight is 332 g/mol. The van der Waals surface area contributed by atoms with Crippen molar-refractivity contribution < 1.29 is 19.4 Å². The van der Waals surface area contributed by atoms with Crippen molar-refractivity contribution in [3.05, 3.63) is 35.9 Å². The van der Waals surface area contributed by atoms with Crippen LogP contribution in [0.5, 0.6) is 0 Å². The van der Waals surface area contributed by atoms with E-state index in [4.69, 9.17) is 9.84 Å². The van der Waals surface area contributed by atoms with E-state index in [1.165, 1.54) is 0 Å². The smallest absolute Gasteiger partial charge is 0.410 e. The van der Waals surface area contributed by atoms with Crippen LogP contribution in [0.1, 0.15) is 31.2 Å². The topological polar surface area (TPSA) is 70.1 Å². The monoisotopic (exact) mass is 332 g/mol. The summed E-state index contributed by atoms with van der Waals surface area (Å²) >= 11 is 0. The number of ether oxygens (including phenoxy) is 1. The summed E-state index contributed by atoms with van der Waals surface area (Å²) in [5.74, 6) is -0.800. The Bertz CT molecular complexity index is 574. The molecule has 1 aliphatic carbocycles. The number of carbonyl (C=O) groups excluding carboxylic acids is 1. The molecule has 3 rings (SSSR count). The van der Waals surface area contributed by atoms with Crippen LogP contribution in [0, 0.1) is 0 Å². The van der Waals surface area contributed by atoms with Gasteiger partial charge in [0, 0.05) is 25.2 Å². The Balaban J connectivity index is 1.54. The second kappa shape index (κ2) is 7.66. The lowest BCUT2D eigenvalue weighted by atomic mass is 10.0. The standard InChI is InChI=1S/C18H24N2O4/c21-17(22)12-20(15-8-9-15)16-7-4-10-19(11-16)18(23)24-13-14-5-2-1-3-6-14/h1-3,5-6,15-16H,4,7-13H2,(H,21,22)/t16-/m0/s1. The molecule has 1 aliphatic heterocycles. The van der Waals surface area contributed by atoms with E-state index in [2.05, 4.69) is 4.90 Å². The first kappa shape index (κ1) is 16.8. The number of rotatable bonds is 6. The van der Waals surface area contributed by atoms with E-state index in [0.717, 1.165) is 31.2 Å². The number of likely N-dealkylation sites (tertiary alicyclic amines) is 1. The summed E-state index contributed by atoms with van der Waals surface area (Å²) < 4.78 is 5.40. The van der Waals surface area contributed by atoms with Gasteiger partial charge < -0.3 is 14.7 Å². The largest absolute Gasteiger partial charge is 0.480 e. The maximum absolute atomic E-state index is 12.3. The molecule has 0 spiro atoms. The lowest BCUT2D eigenvalue weighted by molar-refractivity contribution is -0.139. The summed E-state index contributed by atoms with van der Waals surface area (Å²) in [4.78, 5) is 27.2. The molecule has 1 saturated carbocycles. The minimum atomic E-state index is -0.800. The van der Waals surface area contributed by atoms with Crippen molar-refractivity contribution in [2.75, 3.05) is 19.6 Å². The minimum Gasteiger partial charge on any atom is -0.480 e. The Labute approximate surface area is 142 Å². The van der Waals surface area contributed by atoms with Crippen molar-refractivity contribution in [2.24, 2.45) is 0 Å². The number of carboxylic acids is 1. The SMILES string of the molecule is O=C(O)CN(C1CC1)[C@H]1CCCN(C(=O)OCc2ccccc2)C1. The van der Waals surface area contributed by atoms with Crippen molar-refractivity contribution in [1.29, 1.82) is 0 Å². The van der Waals surface area contributed by atoms with E-state index < -0.39 is 5.97 Å². The molecule has 1 atom stereocenters. The highest BCUT2D eigenvalue weighted by Crippen LogP contribution is 2.31. The van der Waals surface area contributed by atoms with E-state index in [1.54, 1.807) is 4.90 Å². The molecule has 1 amide bonds. The van der Waals surface area contributed by atoms with Gasteiger partial charge in [-0.05, 0) is 31.2 Å². The quantitative estimate of drug-likeness (QED) is 0.866. The van der Waals surface area contributed by atoms with Crippen LogP contribution in [-0.4, -0.2) is 58.7 Å². The molecular formula is C18H24N2O4. The van der Waals surface area contributed by atoms with E-state index in [1.807, 2.05) is 30.3 Å². The first-order valence-electron chi connectivity index (χ1n) is 8.56. The van der Waals surface area contributed by atoms with Gasteiger partial charge in [0.1, 0.15) is 6.61 Å². The summed E-state index contributed by atoms with van der Waals surface area (Å²) in [7, 11) is 0. The fraction of sp³-hybridized carbons (Fsp3) is 0.556. The summed E-state index contributed by atoms with van der Waals surface area (Å²) in [6.07, 6.45) is 3.62. The summed E-state index contributed by atoms with van der Waals surface area (Å²) in [5, 5.41) is 9.13. The Hall–Kier alpha value is -2.08. The van der Waals surface area contributed by atoms with Gasteiger partial charge in [-0.25, -0.2) is 4.79 Å². The van der Waals surface area contributed by atoms with Gasteiger partial charge in [0.05, 0.1) is 6.54 Å². The molecule has 0 bridgehead atoms. The molecule has 6 heteroatoms. The fourth-order valence-corrected chi connectivity index (χ4v) is 3.32. The number of hydrogen-bond acceptors (Lipinski definition) is 4. The van der Waals surface area contributed by atoms with Crippen molar-refractivity contribution >= 4 is 12.1 Å². The summed E-state index contributed by atoms with van der Waals surface area (Å²) in [6.45, 7) is 1.55. The van der Waals surface area contributed by atoms with Crippen molar-refractivity contribution in [2.45, 2.75) is 44.4 Å². The number of nitrogens with zero attached hydrogens (tertiary/aromatic N) is 2. The fourth-order valence-electron chi connectivity index (χ4n) is 3.32. The minimum absolute atomic E-state index is 0.0578. The maximum Gasteiger partial charge on any atom is 0.410 e. The zero-order valence-corrected chi connectivity index (χ0v) is 13.8. The molecule has 1 saturated heterocycles. The molecule has 1 aromatic carbocycles. The van der Waals surface area contributed by atoms with Crippen LogP contribution in [0.15, 0.2) is 30.3 Å². The number of amides is 1. The second-order valence-corrected chi connectivity index (χ2v) is 6.58. The third kappa shape index (κ3) is 4.47. The lowest BCUT2D eigenvalue weighted by Crippen LogP contribution is -2.51. The summed E-state index contributed by atoms with van der Waals surface area (Å²) in [6, 6.07) is 10.1. The first-order chi connectivity index (χ1) is 11.6. The highest BCUT2D eigenvalue weighted by molar-refractivity contribution is 5.69. The van der Waals surface area contributed by atoms with Gasteiger partial charge in [0.15, 0.2) is 0 Å². The van der Waals surface area contributed by atoms with Crippen molar-refractivity contribution in [3.8, 4) is 0 Å². The number of aliphatic carboxylic acids is 1. The van der Waals surface area contributed by atoms with E-state index in [0.29, 0.717) is 19.1 Å². The van der Waals surface area contributed by atoms with E-state index in [9.17, 15) is 9.59 Å². The molecule has 1 aromatic rings. The van der Waals surface area contributed by atoms with Gasteiger partial charge in [-0.15, -0.1) is 0 Å². The maximum atomic E-state index is 12.3. The van der Waals surface area contributed by atoms with Gasteiger partial charge in [-0.3, -0.25) is 9.69 Å². The molecule has 1 N–H and O–H groups in total. The number of carboxylic acid groups (broad SMARTS) is 1. The van der Waals surface area contributed by atoms with Gasteiger partial charge in [0.25, 0.3) is 0 Å². The van der Waals surface area contributed by atoms with Crippen LogP contribution >= 0.6 is 0 Å². The Kier molecular flexibility index (Phi) is 5.35. The Morgan fingerprint density at radius 2 is 1.92 bits per heavy atom. The predicted molar refractivity (Wildman–Crippen MR) is 88.6 cm³/mol. The predicted octanol–water partition coefficient (Wildman–Crippen LogP) is 2.34. The zero-order chi connectivity index (χ0) is 16.9. The molecule has 130 valence electrons. The van der Waals surface area contributed by atoms with Gasteiger partial charge >= 0.3 is 12.1 Å². The number of hydrogen-bond donors (Lipinski definition) is 1. The Morgan fingerprint density at radius 1 is 1.17 bits per heavy atom. The zero-order valence-electron chi connectivity index (χ0n) is 13.8. The average Bonchev–Trinajstić information content (AvgIpc) is 3.43. The molecular weight excluding hydrogens is 308 g/mol. The molecule has 1 heterocycles. The highest BCUT2D eigenvalue weighted by Gasteiger charge is 2.37. The number of carbonyl (C=O) groups is 2. The molecule has 0 unspecified atom stereocenters. The van der Waals surface area contributed by atoms with Gasteiger partial charge in [-0.1, -0.05) is 30.3 Å². The van der Waals surface area contributed by atoms with Crippen LogP contribution in [0.4, 0.5) is 4.79 Å². The van der Waals surface area contributed by atoms with Crippen molar-refractivity contribution in [1.82, 2.24) is 9.80 Å². The first-order valence-corrected chi connectivity index (χ1v) is 8.56. The van der Waals surface area contributed by atoms with E-state index in [-0.39, 0.29) is 25.3 Å². The van der Waals surface area contributed by atoms with Crippen LogP contribution in [0.25, 0.3) is 0 Å². The van der Waals surface area contributed by atoms with E-state index >= 15 is 0 Å². The number of piperidine rings is 1. The molecule has 0 aromatic heterocycles. The normalized spacial score (nSPS) is 20.9. The number of benzene rings is 1. The van der Waals surface area contributed by atoms with Gasteiger partial charge in [0.2, 0.25) is 0 Å². The third-order valence-corrected chi connectivity index (χ3v) is 4.66. The Morgan fingerprint density at radius 3 is 2.58 bits per heavy atom. The van der Waals surface area contributed by atoms with Crippen LogP contribution in [0.2, 0.25) is 0 Å². The second-order valence-electron chi connectivity index (χ2n) is 6.58. The molecule has 2 aliphatic rings. The molecule has 2 fully saturated rings. The summed E-state index contributed by atoms with van der Waals surface area (Å²) in [5.41, 5.74) is 0.963. The molecule has 24 heavy (non-hydrogen) atoms. The third-order valence-electron chi connectivity index (χ3n) is 4.66. The van der Waals surface area contributed by atoms with Gasteiger partial charge in [-0.2, -0.15) is 0 Å². The van der Waals surface area contributed by atoms with Crippen LogP contribution in [-0.2, 0) is 16.1 Å². The van der Waals surface area contributed by atoms with Crippen molar-refractivity contribution in [3.63, 3.8) is 0 Å². The van der Waals surface area contributed by atoms with Crippen LogP contribution < -0.4 is 0 Å². The lowest BCUT2D eigenvalue weighted by Gasteiger charge is -2.38. The molecule has 6 nitrogen and oxygen atoms in total.